The first kappa shape index (κ1) is 16.3. The van der Waals surface area contributed by atoms with E-state index in [1.54, 1.807) is 12.3 Å². The van der Waals surface area contributed by atoms with Crippen LogP contribution in [-0.4, -0.2) is 36.4 Å². The van der Waals surface area contributed by atoms with Crippen LogP contribution in [0.3, 0.4) is 0 Å². The van der Waals surface area contributed by atoms with Crippen molar-refractivity contribution in [2.45, 2.75) is 13.8 Å². The minimum absolute atomic E-state index is 0.108. The van der Waals surface area contributed by atoms with Crippen LogP contribution in [-0.2, 0) is 4.74 Å². The normalized spacial score (nSPS) is 11.0. The Morgan fingerprint density at radius 2 is 1.83 bits per heavy atom. The van der Waals surface area contributed by atoms with Crippen molar-refractivity contribution >= 4 is 38.3 Å². The summed E-state index contributed by atoms with van der Waals surface area (Å²) in [6.07, 6.45) is 1.55. The number of ether oxygens (including phenoxy) is 3. The summed E-state index contributed by atoms with van der Waals surface area (Å²) in [5, 5.41) is 11.6. The molecule has 6 nitrogen and oxygen atoms in total. The minimum atomic E-state index is -0.571. The molecule has 0 saturated carbocycles. The molecule has 0 aliphatic rings. The van der Waals surface area contributed by atoms with Gasteiger partial charge in [0.05, 0.1) is 35.9 Å². The van der Waals surface area contributed by atoms with Crippen LogP contribution in [0.25, 0.3) is 21.0 Å². The van der Waals surface area contributed by atoms with E-state index in [2.05, 4.69) is 4.98 Å². The van der Waals surface area contributed by atoms with Crippen molar-refractivity contribution in [3.05, 3.63) is 23.2 Å². The number of hydrogen-bond acceptors (Lipinski definition) is 7. The van der Waals surface area contributed by atoms with Crippen LogP contribution < -0.4 is 9.47 Å². The number of rotatable bonds is 5. The first-order valence-corrected chi connectivity index (χ1v) is 8.34. The van der Waals surface area contributed by atoms with E-state index >= 15 is 0 Å². The number of esters is 1. The molecule has 0 unspecified atom stereocenters. The molecule has 2 aromatic heterocycles. The van der Waals surface area contributed by atoms with Crippen molar-refractivity contribution in [1.29, 1.82) is 0 Å². The summed E-state index contributed by atoms with van der Waals surface area (Å²) in [6.45, 7) is 4.81. The largest absolute Gasteiger partial charge is 0.505 e. The van der Waals surface area contributed by atoms with E-state index in [1.165, 1.54) is 18.4 Å². The fraction of sp³-hybridized carbons (Fsp3) is 0.294. The van der Waals surface area contributed by atoms with Crippen LogP contribution in [0.4, 0.5) is 0 Å². The topological polar surface area (TPSA) is 77.9 Å². The van der Waals surface area contributed by atoms with E-state index in [1.807, 2.05) is 19.9 Å². The Labute approximate surface area is 142 Å². The van der Waals surface area contributed by atoms with Gasteiger partial charge in [0.2, 0.25) is 0 Å². The molecule has 1 aromatic carbocycles. The van der Waals surface area contributed by atoms with E-state index in [4.69, 9.17) is 14.2 Å². The van der Waals surface area contributed by atoms with Gasteiger partial charge in [-0.25, -0.2) is 4.79 Å². The first-order chi connectivity index (χ1) is 11.6. The van der Waals surface area contributed by atoms with Crippen LogP contribution in [0.2, 0.25) is 0 Å². The molecule has 0 aliphatic carbocycles. The Morgan fingerprint density at radius 3 is 2.46 bits per heavy atom. The predicted molar refractivity (Wildman–Crippen MR) is 92.5 cm³/mol. The summed E-state index contributed by atoms with van der Waals surface area (Å²) in [4.78, 5) is 16.3. The first-order valence-electron chi connectivity index (χ1n) is 7.52. The van der Waals surface area contributed by atoms with E-state index in [0.29, 0.717) is 35.6 Å². The molecule has 0 bridgehead atoms. The summed E-state index contributed by atoms with van der Waals surface area (Å²) < 4.78 is 16.7. The number of carbonyl (C=O) groups excluding carboxylic acids is 1. The molecule has 0 atom stereocenters. The molecule has 1 N–H and O–H groups in total. The third-order valence-electron chi connectivity index (χ3n) is 3.53. The number of aromatic hydroxyl groups is 1. The van der Waals surface area contributed by atoms with Gasteiger partial charge < -0.3 is 19.3 Å². The van der Waals surface area contributed by atoms with Gasteiger partial charge in [-0.2, -0.15) is 0 Å². The third kappa shape index (κ3) is 2.60. The molecule has 0 amide bonds. The highest BCUT2D eigenvalue weighted by atomic mass is 32.1. The lowest BCUT2D eigenvalue weighted by molar-refractivity contribution is 0.0603. The Bertz CT molecular complexity index is 918. The lowest BCUT2D eigenvalue weighted by atomic mass is 10.1. The number of methoxy groups -OCH3 is 1. The Hall–Kier alpha value is -2.54. The lowest BCUT2D eigenvalue weighted by Gasteiger charge is -2.12. The molecule has 0 saturated heterocycles. The summed E-state index contributed by atoms with van der Waals surface area (Å²) in [7, 11) is 1.28. The Morgan fingerprint density at radius 1 is 1.17 bits per heavy atom. The van der Waals surface area contributed by atoms with Crippen molar-refractivity contribution in [1.82, 2.24) is 4.98 Å². The van der Waals surface area contributed by atoms with Crippen molar-refractivity contribution < 1.29 is 24.1 Å². The summed E-state index contributed by atoms with van der Waals surface area (Å²) in [5.41, 5.74) is 0.701. The van der Waals surface area contributed by atoms with Crippen molar-refractivity contribution in [2.24, 2.45) is 0 Å². The van der Waals surface area contributed by atoms with Gasteiger partial charge in [-0.3, -0.25) is 4.98 Å². The van der Waals surface area contributed by atoms with Crippen molar-refractivity contribution in [3.63, 3.8) is 0 Å². The van der Waals surface area contributed by atoms with Crippen LogP contribution in [0.15, 0.2) is 18.3 Å². The van der Waals surface area contributed by atoms with E-state index in [9.17, 15) is 9.90 Å². The standard InChI is InChI=1S/C17H17NO5S/c1-4-22-12-6-9-11(7-13(12)23-5-2)18-8-10-14(19)16(17(20)21-3)24-15(9)10/h6-8,19H,4-5H2,1-3H3. The predicted octanol–water partition coefficient (Wildman–Crippen LogP) is 3.74. The van der Waals surface area contributed by atoms with E-state index in [-0.39, 0.29) is 10.6 Å². The second-order valence-corrected chi connectivity index (χ2v) is 5.98. The molecule has 2 heterocycles. The number of benzene rings is 1. The zero-order valence-electron chi connectivity index (χ0n) is 13.6. The molecule has 0 radical (unpaired) electrons. The number of carbonyl (C=O) groups is 1. The molecule has 0 fully saturated rings. The molecule has 0 spiro atoms. The number of aromatic nitrogens is 1. The average Bonchev–Trinajstić information content (AvgIpc) is 2.92. The third-order valence-corrected chi connectivity index (χ3v) is 4.74. The summed E-state index contributed by atoms with van der Waals surface area (Å²) in [5.74, 6) is 0.544. The SMILES string of the molecule is CCOc1cc2ncc3c(O)c(C(=O)OC)sc3c2cc1OCC. The van der Waals surface area contributed by atoms with E-state index in [0.717, 1.165) is 10.1 Å². The smallest absolute Gasteiger partial charge is 0.351 e. The quantitative estimate of drug-likeness (QED) is 0.709. The highest BCUT2D eigenvalue weighted by Crippen LogP contribution is 2.43. The molecule has 3 aromatic rings. The van der Waals surface area contributed by atoms with E-state index < -0.39 is 5.97 Å². The van der Waals surface area contributed by atoms with Gasteiger partial charge in [0.15, 0.2) is 16.4 Å². The lowest BCUT2D eigenvalue weighted by Crippen LogP contribution is -1.98. The van der Waals surface area contributed by atoms with Gasteiger partial charge in [0, 0.05) is 17.6 Å². The van der Waals surface area contributed by atoms with Gasteiger partial charge in [0.1, 0.15) is 5.75 Å². The number of nitrogens with zero attached hydrogens (tertiary/aromatic N) is 1. The molecule has 24 heavy (non-hydrogen) atoms. The highest BCUT2D eigenvalue weighted by Gasteiger charge is 2.21. The minimum Gasteiger partial charge on any atom is -0.505 e. The molecule has 3 rings (SSSR count). The van der Waals surface area contributed by atoms with Crippen LogP contribution in [0.1, 0.15) is 23.5 Å². The van der Waals surface area contributed by atoms with Crippen molar-refractivity contribution in [2.75, 3.05) is 20.3 Å². The maximum absolute atomic E-state index is 11.8. The maximum Gasteiger partial charge on any atom is 0.351 e. The fourth-order valence-electron chi connectivity index (χ4n) is 2.49. The average molecular weight is 347 g/mol. The molecule has 126 valence electrons. The molecular formula is C17H17NO5S. The van der Waals surface area contributed by atoms with Crippen LogP contribution in [0, 0.1) is 0 Å². The number of hydrogen-bond donors (Lipinski definition) is 1. The van der Waals surface area contributed by atoms with Gasteiger partial charge >= 0.3 is 5.97 Å². The van der Waals surface area contributed by atoms with Crippen LogP contribution in [0.5, 0.6) is 17.2 Å². The zero-order chi connectivity index (χ0) is 17.3. The van der Waals surface area contributed by atoms with Gasteiger partial charge in [-0.15, -0.1) is 11.3 Å². The summed E-state index contributed by atoms with van der Waals surface area (Å²) in [6, 6.07) is 3.63. The molecule has 7 heteroatoms. The van der Waals surface area contributed by atoms with Gasteiger partial charge in [-0.05, 0) is 19.9 Å². The Balaban J connectivity index is 2.29. The Kier molecular flexibility index (Phi) is 4.44. The second-order valence-electron chi connectivity index (χ2n) is 4.95. The second kappa shape index (κ2) is 6.52. The molecular weight excluding hydrogens is 330 g/mol. The van der Waals surface area contributed by atoms with Crippen LogP contribution >= 0.6 is 11.3 Å². The van der Waals surface area contributed by atoms with Crippen molar-refractivity contribution in [3.8, 4) is 17.2 Å². The number of thiophene rings is 1. The molecule has 0 aliphatic heterocycles. The fourth-order valence-corrected chi connectivity index (χ4v) is 3.60. The monoisotopic (exact) mass is 347 g/mol. The summed E-state index contributed by atoms with van der Waals surface area (Å²) >= 11 is 1.17. The number of fused-ring (bicyclic) bond motifs is 3. The zero-order valence-corrected chi connectivity index (χ0v) is 14.4. The van der Waals surface area contributed by atoms with Gasteiger partial charge in [-0.1, -0.05) is 0 Å². The maximum atomic E-state index is 11.8. The van der Waals surface area contributed by atoms with Gasteiger partial charge in [0.25, 0.3) is 0 Å². The number of pyridine rings is 1. The highest BCUT2D eigenvalue weighted by molar-refractivity contribution is 7.22.